The minimum atomic E-state index is -4.72. The molecule has 1 saturated heterocycles. The Hall–Kier alpha value is -3.55. The average molecular weight is 538 g/mol. The summed E-state index contributed by atoms with van der Waals surface area (Å²) in [5.74, 6) is -0.0655. The van der Waals surface area contributed by atoms with Crippen molar-refractivity contribution in [3.05, 3.63) is 59.7 Å². The zero-order chi connectivity index (χ0) is 26.9. The summed E-state index contributed by atoms with van der Waals surface area (Å²) in [5, 5.41) is 6.90. The van der Waals surface area contributed by atoms with Crippen LogP contribution >= 0.6 is 12.2 Å². The van der Waals surface area contributed by atoms with Gasteiger partial charge in [-0.25, -0.2) is 9.98 Å². The SMILES string of the molecule is CN/N=C/c1ccc(C(N)=NC=Nc2ccc(OC(F)(F)F)cc2)cc1.S=CNCCN1CCOCC1. The zero-order valence-corrected chi connectivity index (χ0v) is 21.1. The summed E-state index contributed by atoms with van der Waals surface area (Å²) in [6, 6.07) is 12.3. The van der Waals surface area contributed by atoms with E-state index in [1.807, 2.05) is 12.1 Å². The number of nitrogens with zero attached hydrogens (tertiary/aromatic N) is 4. The largest absolute Gasteiger partial charge is 0.573 e. The second-order valence-electron chi connectivity index (χ2n) is 7.43. The third kappa shape index (κ3) is 12.8. The number of alkyl halides is 3. The average Bonchev–Trinajstić information content (AvgIpc) is 2.89. The Bertz CT molecular complexity index is 1020. The smallest absolute Gasteiger partial charge is 0.406 e. The maximum Gasteiger partial charge on any atom is 0.573 e. The van der Waals surface area contributed by atoms with Crippen LogP contribution in [0.2, 0.25) is 0 Å². The van der Waals surface area contributed by atoms with Gasteiger partial charge in [-0.3, -0.25) is 4.90 Å². The normalized spacial score (nSPS) is 14.8. The first-order valence-corrected chi connectivity index (χ1v) is 11.8. The molecule has 13 heteroatoms. The molecule has 37 heavy (non-hydrogen) atoms. The summed E-state index contributed by atoms with van der Waals surface area (Å²) < 4.78 is 45.3. The van der Waals surface area contributed by atoms with Crippen LogP contribution in [0.15, 0.2) is 63.6 Å². The van der Waals surface area contributed by atoms with Crippen molar-refractivity contribution in [2.75, 3.05) is 46.4 Å². The summed E-state index contributed by atoms with van der Waals surface area (Å²) in [7, 11) is 1.70. The van der Waals surface area contributed by atoms with Crippen LogP contribution in [0.1, 0.15) is 11.1 Å². The van der Waals surface area contributed by atoms with Gasteiger partial charge in [-0.15, -0.1) is 13.2 Å². The summed E-state index contributed by atoms with van der Waals surface area (Å²) in [5.41, 5.74) is 12.1. The number of hydrazone groups is 1. The number of thiocarbonyl (C=S) groups is 1. The van der Waals surface area contributed by atoms with E-state index < -0.39 is 6.36 Å². The van der Waals surface area contributed by atoms with E-state index in [0.29, 0.717) is 11.3 Å². The van der Waals surface area contributed by atoms with E-state index in [0.717, 1.165) is 45.0 Å². The molecular formula is C24H30F3N7O2S. The van der Waals surface area contributed by atoms with Gasteiger partial charge in [-0.2, -0.15) is 5.10 Å². The first kappa shape index (κ1) is 29.7. The van der Waals surface area contributed by atoms with Crippen molar-refractivity contribution >= 4 is 41.8 Å². The van der Waals surface area contributed by atoms with Crippen LogP contribution in [0.25, 0.3) is 0 Å². The Morgan fingerprint density at radius 3 is 2.41 bits per heavy atom. The van der Waals surface area contributed by atoms with Crippen LogP contribution in [0.4, 0.5) is 18.9 Å². The molecule has 0 unspecified atom stereocenters. The molecule has 0 bridgehead atoms. The Balaban J connectivity index is 0.000000364. The van der Waals surface area contributed by atoms with Gasteiger partial charge in [0.25, 0.3) is 0 Å². The van der Waals surface area contributed by atoms with E-state index in [1.165, 1.54) is 30.6 Å². The molecule has 1 aliphatic heterocycles. The number of rotatable bonds is 10. The van der Waals surface area contributed by atoms with Gasteiger partial charge in [0, 0.05) is 38.8 Å². The monoisotopic (exact) mass is 537 g/mol. The predicted molar refractivity (Wildman–Crippen MR) is 144 cm³/mol. The highest BCUT2D eigenvalue weighted by molar-refractivity contribution is 7.78. The number of morpholine rings is 1. The van der Waals surface area contributed by atoms with Crippen LogP contribution in [0.5, 0.6) is 5.75 Å². The molecule has 1 heterocycles. The Labute approximate surface area is 219 Å². The van der Waals surface area contributed by atoms with Crippen molar-refractivity contribution in [2.45, 2.75) is 6.36 Å². The number of halogens is 3. The lowest BCUT2D eigenvalue weighted by Crippen LogP contribution is -2.39. The number of nitrogens with one attached hydrogen (secondary N) is 2. The van der Waals surface area contributed by atoms with Gasteiger partial charge in [0.05, 0.1) is 30.6 Å². The molecule has 0 saturated carbocycles. The van der Waals surface area contributed by atoms with Crippen LogP contribution in [-0.2, 0) is 4.74 Å². The zero-order valence-electron chi connectivity index (χ0n) is 20.3. The van der Waals surface area contributed by atoms with Crippen molar-refractivity contribution in [2.24, 2.45) is 20.8 Å². The van der Waals surface area contributed by atoms with Crippen molar-refractivity contribution in [3.63, 3.8) is 0 Å². The third-order valence-corrected chi connectivity index (χ3v) is 4.95. The van der Waals surface area contributed by atoms with Gasteiger partial charge in [0.15, 0.2) is 0 Å². The van der Waals surface area contributed by atoms with Crippen molar-refractivity contribution in [1.29, 1.82) is 0 Å². The molecule has 0 aromatic heterocycles. The minimum absolute atomic E-state index is 0.253. The van der Waals surface area contributed by atoms with Crippen LogP contribution in [0.3, 0.4) is 0 Å². The van der Waals surface area contributed by atoms with Gasteiger partial charge < -0.3 is 25.9 Å². The molecule has 0 atom stereocenters. The number of amidine groups is 1. The van der Waals surface area contributed by atoms with E-state index in [-0.39, 0.29) is 11.6 Å². The maximum atomic E-state index is 12.1. The molecule has 1 fully saturated rings. The van der Waals surface area contributed by atoms with Crippen molar-refractivity contribution in [1.82, 2.24) is 15.6 Å². The molecule has 0 radical (unpaired) electrons. The molecule has 3 rings (SSSR count). The van der Waals surface area contributed by atoms with Crippen molar-refractivity contribution < 1.29 is 22.6 Å². The minimum Gasteiger partial charge on any atom is -0.406 e. The molecule has 2 aromatic carbocycles. The Kier molecular flexibility index (Phi) is 13.0. The number of ether oxygens (including phenoxy) is 2. The van der Waals surface area contributed by atoms with E-state index in [9.17, 15) is 13.2 Å². The summed E-state index contributed by atoms with van der Waals surface area (Å²) in [6.45, 7) is 5.87. The van der Waals surface area contributed by atoms with Gasteiger partial charge in [0.1, 0.15) is 17.9 Å². The molecule has 200 valence electrons. The lowest BCUT2D eigenvalue weighted by Gasteiger charge is -2.26. The topological polar surface area (TPSA) is 109 Å². The Morgan fingerprint density at radius 1 is 1.14 bits per heavy atom. The quantitative estimate of drug-likeness (QED) is 0.141. The predicted octanol–water partition coefficient (Wildman–Crippen LogP) is 3.07. The molecule has 0 aliphatic carbocycles. The first-order valence-electron chi connectivity index (χ1n) is 11.3. The highest BCUT2D eigenvalue weighted by atomic mass is 32.1. The van der Waals surface area contributed by atoms with Crippen LogP contribution < -0.4 is 21.2 Å². The molecular weight excluding hydrogens is 507 g/mol. The number of aliphatic imine (C=N–C) groups is 2. The molecule has 9 nitrogen and oxygen atoms in total. The van der Waals surface area contributed by atoms with Crippen LogP contribution in [0, 0.1) is 0 Å². The standard InChI is InChI=1S/C17H16F3N5O.C7H14N2OS/c1-22-25-10-12-2-4-13(5-3-12)16(21)24-11-23-14-6-8-15(9-7-14)26-17(18,19)20;11-7-8-1-2-9-3-5-10-6-4-9/h2-11,22H,1H3,(H2,21,23,24);7H,1-6H2,(H,8,11)/b25-10+;. The van der Waals surface area contributed by atoms with E-state index >= 15 is 0 Å². The number of benzene rings is 2. The molecule has 1 aliphatic rings. The molecule has 0 spiro atoms. The molecule has 4 N–H and O–H groups in total. The van der Waals surface area contributed by atoms with Crippen molar-refractivity contribution in [3.8, 4) is 5.75 Å². The number of hydrogen-bond donors (Lipinski definition) is 3. The summed E-state index contributed by atoms with van der Waals surface area (Å²) in [4.78, 5) is 10.4. The van der Waals surface area contributed by atoms with E-state index in [1.54, 1.807) is 30.9 Å². The van der Waals surface area contributed by atoms with E-state index in [4.69, 9.17) is 10.5 Å². The second kappa shape index (κ2) is 16.2. The molecule has 0 amide bonds. The summed E-state index contributed by atoms with van der Waals surface area (Å²) >= 11 is 4.64. The lowest BCUT2D eigenvalue weighted by molar-refractivity contribution is -0.274. The fourth-order valence-electron chi connectivity index (χ4n) is 2.95. The fourth-order valence-corrected chi connectivity index (χ4v) is 3.07. The summed E-state index contributed by atoms with van der Waals surface area (Å²) in [6.07, 6.45) is -1.84. The van der Waals surface area contributed by atoms with Crippen LogP contribution in [-0.4, -0.2) is 81.6 Å². The number of hydrogen-bond acceptors (Lipinski definition) is 7. The van der Waals surface area contributed by atoms with E-state index in [2.05, 4.69) is 47.7 Å². The highest BCUT2D eigenvalue weighted by Crippen LogP contribution is 2.24. The Morgan fingerprint density at radius 2 is 1.81 bits per heavy atom. The second-order valence-corrected chi connectivity index (χ2v) is 7.67. The lowest BCUT2D eigenvalue weighted by atomic mass is 10.1. The maximum absolute atomic E-state index is 12.1. The van der Waals surface area contributed by atoms with Gasteiger partial charge in [-0.1, -0.05) is 36.5 Å². The highest BCUT2D eigenvalue weighted by Gasteiger charge is 2.30. The van der Waals surface area contributed by atoms with Gasteiger partial charge in [-0.05, 0) is 29.8 Å². The number of nitrogens with two attached hydrogens (primary N) is 1. The van der Waals surface area contributed by atoms with Gasteiger partial charge in [0.2, 0.25) is 0 Å². The molecule has 2 aromatic rings. The fraction of sp³-hybridized carbons (Fsp3) is 0.333. The first-order chi connectivity index (χ1) is 17.8. The van der Waals surface area contributed by atoms with Gasteiger partial charge >= 0.3 is 6.36 Å². The third-order valence-electron chi connectivity index (χ3n) is 4.78.